The van der Waals surface area contributed by atoms with E-state index in [1.807, 2.05) is 30.3 Å². The van der Waals surface area contributed by atoms with Gasteiger partial charge in [0.25, 0.3) is 0 Å². The summed E-state index contributed by atoms with van der Waals surface area (Å²) in [4.78, 5) is 0. The van der Waals surface area contributed by atoms with Gasteiger partial charge in [0.2, 0.25) is 0 Å². The van der Waals surface area contributed by atoms with E-state index in [0.717, 1.165) is 5.56 Å². The van der Waals surface area contributed by atoms with Crippen LogP contribution in [0.25, 0.3) is 0 Å². The molecule has 51 valence electrons. The predicted molar refractivity (Wildman–Crippen MR) is 42.6 cm³/mol. The normalized spacial score (nSPS) is 7.10. The first-order valence-corrected chi connectivity index (χ1v) is 10.6. The zero-order valence-corrected chi connectivity index (χ0v) is 10.0. The molecule has 1 radical (unpaired) electrons. The molecule has 0 heterocycles. The van der Waals surface area contributed by atoms with Gasteiger partial charge in [-0.25, -0.2) is 0 Å². The molecule has 0 nitrogen and oxygen atoms in total. The molecule has 0 bridgehead atoms. The first-order valence-electron chi connectivity index (χ1n) is 2.80. The van der Waals surface area contributed by atoms with Gasteiger partial charge >= 0.3 is 34.5 Å². The van der Waals surface area contributed by atoms with E-state index in [2.05, 4.69) is 6.92 Å². The standard InChI is InChI=1S/C7H7.2ClH.Zn/c1-7-5-3-2-4-6-7;;;/h2-6H,1H2;2*1H;/q;;;+2/p-2. The summed E-state index contributed by atoms with van der Waals surface area (Å²) in [6, 6.07) is 9.87. The molecule has 0 saturated carbocycles. The summed E-state index contributed by atoms with van der Waals surface area (Å²) in [5.74, 6) is 0. The molecule has 0 amide bonds. The van der Waals surface area contributed by atoms with Gasteiger partial charge in [-0.2, -0.15) is 0 Å². The topological polar surface area (TPSA) is 0 Å². The van der Waals surface area contributed by atoms with Gasteiger partial charge in [0.1, 0.15) is 0 Å². The Morgan fingerprint density at radius 3 is 1.70 bits per heavy atom. The molecule has 0 aromatic heterocycles. The zero-order valence-electron chi connectivity index (χ0n) is 5.56. The van der Waals surface area contributed by atoms with Gasteiger partial charge in [0.05, 0.1) is 0 Å². The van der Waals surface area contributed by atoms with Crippen LogP contribution in [0.4, 0.5) is 0 Å². The van der Waals surface area contributed by atoms with Crippen LogP contribution in [-0.2, 0) is 15.1 Å². The third-order valence-corrected chi connectivity index (χ3v) is 0.843. The molecule has 0 unspecified atom stereocenters. The summed E-state index contributed by atoms with van der Waals surface area (Å²) in [5.41, 5.74) is 1.07. The van der Waals surface area contributed by atoms with Crippen molar-refractivity contribution in [2.24, 2.45) is 0 Å². The molecule has 1 rings (SSSR count). The number of benzene rings is 1. The van der Waals surface area contributed by atoms with Crippen LogP contribution in [0.3, 0.4) is 0 Å². The monoisotopic (exact) mass is 225 g/mol. The molecule has 0 aliphatic carbocycles. The molecular weight excluding hydrogens is 220 g/mol. The Labute approximate surface area is 77.2 Å². The Hall–Kier alpha value is 0.423. The summed E-state index contributed by atoms with van der Waals surface area (Å²) in [6.07, 6.45) is 0. The maximum atomic E-state index is 4.95. The van der Waals surface area contributed by atoms with Gasteiger partial charge in [0.15, 0.2) is 0 Å². The molecular formula is C7H7Cl2Zn. The SMILES string of the molecule is [CH2]c1ccccc1.[Cl][Zn][Cl]. The predicted octanol–water partition coefficient (Wildman–Crippen LogP) is 3.25. The van der Waals surface area contributed by atoms with Gasteiger partial charge in [-0.3, -0.25) is 0 Å². The van der Waals surface area contributed by atoms with Crippen LogP contribution in [0.1, 0.15) is 5.56 Å². The molecule has 0 atom stereocenters. The van der Waals surface area contributed by atoms with Gasteiger partial charge < -0.3 is 0 Å². The zero-order chi connectivity index (χ0) is 7.82. The second kappa shape index (κ2) is 7.53. The van der Waals surface area contributed by atoms with E-state index in [0.29, 0.717) is 0 Å². The Morgan fingerprint density at radius 2 is 1.50 bits per heavy atom. The van der Waals surface area contributed by atoms with E-state index < -0.39 is 15.1 Å². The van der Waals surface area contributed by atoms with Crippen LogP contribution < -0.4 is 0 Å². The van der Waals surface area contributed by atoms with Crippen molar-refractivity contribution in [3.8, 4) is 0 Å². The molecule has 0 saturated heterocycles. The van der Waals surface area contributed by atoms with E-state index >= 15 is 0 Å². The molecule has 10 heavy (non-hydrogen) atoms. The van der Waals surface area contributed by atoms with E-state index in [9.17, 15) is 0 Å². The Kier molecular flexibility index (Phi) is 7.85. The second-order valence-corrected chi connectivity index (χ2v) is 6.21. The molecule has 0 N–H and O–H groups in total. The van der Waals surface area contributed by atoms with Crippen molar-refractivity contribution in [2.75, 3.05) is 0 Å². The van der Waals surface area contributed by atoms with Crippen LogP contribution in [-0.4, -0.2) is 0 Å². The summed E-state index contributed by atoms with van der Waals surface area (Å²) in [7, 11) is 9.90. The van der Waals surface area contributed by atoms with Crippen molar-refractivity contribution in [3.63, 3.8) is 0 Å². The minimum absolute atomic E-state index is 0.931. The number of rotatable bonds is 0. The number of halogens is 2. The third kappa shape index (κ3) is 6.54. The number of hydrogen-bond acceptors (Lipinski definition) is 0. The second-order valence-electron chi connectivity index (χ2n) is 1.59. The quantitative estimate of drug-likeness (QED) is 0.597. The van der Waals surface area contributed by atoms with Crippen LogP contribution in [0.5, 0.6) is 0 Å². The Balaban J connectivity index is 0.000000236. The molecule has 0 aliphatic heterocycles. The first-order chi connectivity index (χ1) is 4.81. The fourth-order valence-corrected chi connectivity index (χ4v) is 0.478. The van der Waals surface area contributed by atoms with Crippen LogP contribution in [0.2, 0.25) is 0 Å². The fourth-order valence-electron chi connectivity index (χ4n) is 0.478. The maximum absolute atomic E-state index is 4.95. The van der Waals surface area contributed by atoms with E-state index in [1.54, 1.807) is 0 Å². The van der Waals surface area contributed by atoms with Crippen molar-refractivity contribution >= 4 is 19.4 Å². The summed E-state index contributed by atoms with van der Waals surface area (Å²) < 4.78 is 0. The van der Waals surface area contributed by atoms with Crippen LogP contribution >= 0.6 is 19.4 Å². The third-order valence-electron chi connectivity index (χ3n) is 0.843. The molecule has 0 spiro atoms. The first kappa shape index (κ1) is 10.4. The molecule has 1 aromatic rings. The van der Waals surface area contributed by atoms with Crippen LogP contribution in [0.15, 0.2) is 30.3 Å². The van der Waals surface area contributed by atoms with Crippen LogP contribution in [0, 0.1) is 6.92 Å². The summed E-state index contributed by atoms with van der Waals surface area (Å²) in [5, 5.41) is 0. The molecule has 0 fully saturated rings. The molecule has 3 heteroatoms. The summed E-state index contributed by atoms with van der Waals surface area (Å²) in [6.45, 7) is 3.72. The Bertz CT molecular complexity index is 153. The van der Waals surface area contributed by atoms with Gasteiger partial charge in [-0.15, -0.1) is 0 Å². The van der Waals surface area contributed by atoms with E-state index in [4.69, 9.17) is 19.4 Å². The van der Waals surface area contributed by atoms with Gasteiger partial charge in [-0.05, 0) is 12.5 Å². The van der Waals surface area contributed by atoms with Crippen molar-refractivity contribution < 1.29 is 15.1 Å². The fraction of sp³-hybridized carbons (Fsp3) is 0. The average molecular weight is 227 g/mol. The molecule has 1 aromatic carbocycles. The van der Waals surface area contributed by atoms with Crippen molar-refractivity contribution in [1.29, 1.82) is 0 Å². The average Bonchev–Trinajstić information content (AvgIpc) is 1.91. The van der Waals surface area contributed by atoms with Crippen molar-refractivity contribution in [2.45, 2.75) is 0 Å². The van der Waals surface area contributed by atoms with Gasteiger partial charge in [-0.1, -0.05) is 30.3 Å². The Morgan fingerprint density at radius 1 is 1.10 bits per heavy atom. The summed E-state index contributed by atoms with van der Waals surface area (Å²) >= 11 is -0.931. The van der Waals surface area contributed by atoms with Crippen molar-refractivity contribution in [3.05, 3.63) is 42.8 Å². The number of hydrogen-bond donors (Lipinski definition) is 0. The van der Waals surface area contributed by atoms with Gasteiger partial charge in [0, 0.05) is 0 Å². The van der Waals surface area contributed by atoms with Crippen molar-refractivity contribution in [1.82, 2.24) is 0 Å². The van der Waals surface area contributed by atoms with E-state index in [-0.39, 0.29) is 0 Å². The van der Waals surface area contributed by atoms with E-state index in [1.165, 1.54) is 0 Å². The molecule has 0 aliphatic rings. The minimum atomic E-state index is -0.931.